The third-order valence-corrected chi connectivity index (χ3v) is 5.61. The fourth-order valence-electron chi connectivity index (χ4n) is 3.91. The monoisotopic (exact) mass is 437 g/mol. The number of ether oxygens (including phenoxy) is 1. The van der Waals surface area contributed by atoms with E-state index in [2.05, 4.69) is 23.7 Å². The molecule has 1 atom stereocenters. The van der Waals surface area contributed by atoms with E-state index < -0.39 is 17.7 Å². The minimum Gasteiger partial charge on any atom is -0.507 e. The molecule has 1 aliphatic heterocycles. The van der Waals surface area contributed by atoms with Crippen molar-refractivity contribution in [3.63, 3.8) is 0 Å². The molecule has 1 saturated heterocycles. The third-order valence-electron chi connectivity index (χ3n) is 5.61. The standard InChI is InChI=1S/C25H31N3O4/c1-5-27(6-2)15-16-28-22(18-11-13-26-14-12-18)21(24(30)25(28)31)23(29)19-7-9-20(10-8-19)32-17(3)4/h7-14,17,22,29H,5-6,15-16H2,1-4H3/b23-21+/t22-/m1/s1. The number of likely N-dealkylation sites (N-methyl/N-ethyl adjacent to an activating group) is 1. The third kappa shape index (κ3) is 4.99. The highest BCUT2D eigenvalue weighted by Crippen LogP contribution is 2.39. The normalized spacial score (nSPS) is 18.1. The lowest BCUT2D eigenvalue weighted by molar-refractivity contribution is -0.140. The smallest absolute Gasteiger partial charge is 0.295 e. The second kappa shape index (κ2) is 10.4. The lowest BCUT2D eigenvalue weighted by Crippen LogP contribution is -2.38. The van der Waals surface area contributed by atoms with Gasteiger partial charge in [0, 0.05) is 31.0 Å². The van der Waals surface area contributed by atoms with E-state index >= 15 is 0 Å². The number of likely N-dealkylation sites (tertiary alicyclic amines) is 1. The van der Waals surface area contributed by atoms with Crippen LogP contribution in [0.5, 0.6) is 5.75 Å². The summed E-state index contributed by atoms with van der Waals surface area (Å²) in [5.41, 5.74) is 1.29. The van der Waals surface area contributed by atoms with Crippen molar-refractivity contribution >= 4 is 17.4 Å². The van der Waals surface area contributed by atoms with Crippen LogP contribution >= 0.6 is 0 Å². The van der Waals surface area contributed by atoms with Crippen LogP contribution in [0, 0.1) is 0 Å². The lowest BCUT2D eigenvalue weighted by Gasteiger charge is -2.28. The molecule has 7 heteroatoms. The molecule has 1 aromatic heterocycles. The summed E-state index contributed by atoms with van der Waals surface area (Å²) in [6.07, 6.45) is 3.27. The van der Waals surface area contributed by atoms with E-state index in [1.165, 1.54) is 0 Å². The Morgan fingerprint density at radius 1 is 1.09 bits per heavy atom. The fraction of sp³-hybridized carbons (Fsp3) is 0.400. The SMILES string of the molecule is CCN(CC)CCN1C(=O)C(=O)/C(=C(/O)c2ccc(OC(C)C)cc2)[C@H]1c1ccncc1. The number of carbonyl (C=O) groups is 2. The topological polar surface area (TPSA) is 83.0 Å². The molecular formula is C25H31N3O4. The molecule has 2 aromatic rings. The van der Waals surface area contributed by atoms with Crippen molar-refractivity contribution in [1.29, 1.82) is 0 Å². The summed E-state index contributed by atoms with van der Waals surface area (Å²) < 4.78 is 5.66. The van der Waals surface area contributed by atoms with Gasteiger partial charge in [-0.25, -0.2) is 0 Å². The van der Waals surface area contributed by atoms with Gasteiger partial charge in [-0.2, -0.15) is 0 Å². The van der Waals surface area contributed by atoms with Crippen LogP contribution in [0.2, 0.25) is 0 Å². The predicted molar refractivity (Wildman–Crippen MR) is 123 cm³/mol. The Morgan fingerprint density at radius 2 is 1.72 bits per heavy atom. The van der Waals surface area contributed by atoms with Crippen LogP contribution in [0.1, 0.15) is 44.9 Å². The molecule has 0 saturated carbocycles. The average Bonchev–Trinajstić information content (AvgIpc) is 3.05. The van der Waals surface area contributed by atoms with Crippen molar-refractivity contribution in [2.24, 2.45) is 0 Å². The molecule has 3 rings (SSSR count). The highest BCUT2D eigenvalue weighted by Gasteiger charge is 2.45. The number of ketones is 1. The molecule has 1 aromatic carbocycles. The number of Topliss-reactive ketones (excluding diaryl/α,β-unsaturated/α-hetero) is 1. The van der Waals surface area contributed by atoms with Crippen LogP contribution < -0.4 is 4.74 Å². The van der Waals surface area contributed by atoms with Gasteiger partial charge in [0.05, 0.1) is 17.7 Å². The maximum atomic E-state index is 13.0. The van der Waals surface area contributed by atoms with E-state index in [0.29, 0.717) is 24.4 Å². The van der Waals surface area contributed by atoms with E-state index in [4.69, 9.17) is 4.74 Å². The summed E-state index contributed by atoms with van der Waals surface area (Å²) in [6.45, 7) is 10.7. The van der Waals surface area contributed by atoms with Gasteiger partial charge in [0.2, 0.25) is 0 Å². The van der Waals surface area contributed by atoms with Gasteiger partial charge < -0.3 is 19.6 Å². The largest absolute Gasteiger partial charge is 0.507 e. The summed E-state index contributed by atoms with van der Waals surface area (Å²) in [4.78, 5) is 33.8. The van der Waals surface area contributed by atoms with E-state index in [9.17, 15) is 14.7 Å². The quantitative estimate of drug-likeness (QED) is 0.366. The van der Waals surface area contributed by atoms with E-state index in [-0.39, 0.29) is 17.4 Å². The van der Waals surface area contributed by atoms with Gasteiger partial charge in [0.1, 0.15) is 11.5 Å². The van der Waals surface area contributed by atoms with E-state index in [1.54, 1.807) is 53.7 Å². The molecule has 0 unspecified atom stereocenters. The molecule has 1 N–H and O–H groups in total. The Hall–Kier alpha value is -3.19. The maximum absolute atomic E-state index is 13.0. The number of nitrogens with zero attached hydrogens (tertiary/aromatic N) is 3. The van der Waals surface area contributed by atoms with Gasteiger partial charge >= 0.3 is 0 Å². The van der Waals surface area contributed by atoms with Gasteiger partial charge in [-0.3, -0.25) is 14.6 Å². The molecule has 1 fully saturated rings. The van der Waals surface area contributed by atoms with Gasteiger partial charge in [-0.15, -0.1) is 0 Å². The Kier molecular flexibility index (Phi) is 7.64. The Labute approximate surface area is 189 Å². The van der Waals surface area contributed by atoms with Gasteiger partial charge in [0.25, 0.3) is 11.7 Å². The van der Waals surface area contributed by atoms with Crippen molar-refractivity contribution in [1.82, 2.24) is 14.8 Å². The molecule has 0 bridgehead atoms. The summed E-state index contributed by atoms with van der Waals surface area (Å²) >= 11 is 0. The molecule has 1 aliphatic rings. The van der Waals surface area contributed by atoms with Crippen molar-refractivity contribution < 1.29 is 19.4 Å². The first-order chi connectivity index (χ1) is 15.4. The van der Waals surface area contributed by atoms with Crippen molar-refractivity contribution in [2.75, 3.05) is 26.2 Å². The first kappa shape index (κ1) is 23.5. The van der Waals surface area contributed by atoms with Crippen molar-refractivity contribution in [3.8, 4) is 5.75 Å². The van der Waals surface area contributed by atoms with Crippen LogP contribution in [-0.2, 0) is 9.59 Å². The van der Waals surface area contributed by atoms with Crippen LogP contribution in [-0.4, -0.2) is 63.9 Å². The second-order valence-electron chi connectivity index (χ2n) is 7.99. The van der Waals surface area contributed by atoms with Crippen molar-refractivity contribution in [2.45, 2.75) is 39.8 Å². The minimum absolute atomic E-state index is 0.0252. The molecule has 170 valence electrons. The van der Waals surface area contributed by atoms with Gasteiger partial charge in [-0.1, -0.05) is 13.8 Å². The lowest BCUT2D eigenvalue weighted by atomic mass is 9.96. The molecule has 2 heterocycles. The maximum Gasteiger partial charge on any atom is 0.295 e. The first-order valence-corrected chi connectivity index (χ1v) is 11.0. The minimum atomic E-state index is -0.675. The van der Waals surface area contributed by atoms with Crippen LogP contribution in [0.3, 0.4) is 0 Å². The predicted octanol–water partition coefficient (Wildman–Crippen LogP) is 3.63. The van der Waals surface area contributed by atoms with Crippen molar-refractivity contribution in [3.05, 3.63) is 65.5 Å². The number of pyridine rings is 1. The zero-order valence-corrected chi connectivity index (χ0v) is 19.1. The van der Waals surface area contributed by atoms with Crippen LogP contribution in [0.4, 0.5) is 0 Å². The summed E-state index contributed by atoms with van der Waals surface area (Å²) in [5.74, 6) is -0.792. The summed E-state index contributed by atoms with van der Waals surface area (Å²) in [7, 11) is 0. The number of rotatable bonds is 9. The number of hydrogen-bond acceptors (Lipinski definition) is 6. The number of carbonyl (C=O) groups excluding carboxylic acids is 2. The Bertz CT molecular complexity index is 966. The molecule has 7 nitrogen and oxygen atoms in total. The zero-order chi connectivity index (χ0) is 23.3. The number of benzene rings is 1. The number of aliphatic hydroxyl groups excluding tert-OH is 1. The van der Waals surface area contributed by atoms with Gasteiger partial charge in [0.15, 0.2) is 0 Å². The number of amides is 1. The highest BCUT2D eigenvalue weighted by atomic mass is 16.5. The number of aromatic nitrogens is 1. The first-order valence-electron chi connectivity index (χ1n) is 11.0. The molecule has 0 radical (unpaired) electrons. The Balaban J connectivity index is 2.02. The van der Waals surface area contributed by atoms with E-state index in [0.717, 1.165) is 18.7 Å². The molecular weight excluding hydrogens is 406 g/mol. The summed E-state index contributed by atoms with van der Waals surface area (Å²) in [5, 5.41) is 11.1. The number of aliphatic hydroxyl groups is 1. The molecule has 0 spiro atoms. The molecule has 0 aliphatic carbocycles. The molecule has 1 amide bonds. The average molecular weight is 438 g/mol. The van der Waals surface area contributed by atoms with Crippen LogP contribution in [0.15, 0.2) is 54.4 Å². The van der Waals surface area contributed by atoms with Crippen LogP contribution in [0.25, 0.3) is 5.76 Å². The zero-order valence-electron chi connectivity index (χ0n) is 19.1. The van der Waals surface area contributed by atoms with Gasteiger partial charge in [-0.05, 0) is 68.9 Å². The second-order valence-corrected chi connectivity index (χ2v) is 7.99. The summed E-state index contributed by atoms with van der Waals surface area (Å²) in [6, 6.07) is 9.75. The van der Waals surface area contributed by atoms with E-state index in [1.807, 2.05) is 13.8 Å². The highest BCUT2D eigenvalue weighted by molar-refractivity contribution is 6.46. The fourth-order valence-corrected chi connectivity index (χ4v) is 3.91. The number of hydrogen-bond donors (Lipinski definition) is 1. The molecule has 32 heavy (non-hydrogen) atoms. The Morgan fingerprint density at radius 3 is 2.28 bits per heavy atom.